The summed E-state index contributed by atoms with van der Waals surface area (Å²) in [5.41, 5.74) is 1.27. The number of hydrogen-bond donors (Lipinski definition) is 1. The van der Waals surface area contributed by atoms with Gasteiger partial charge in [-0.3, -0.25) is 4.79 Å². The molecule has 0 aromatic carbocycles. The highest BCUT2D eigenvalue weighted by atomic mass is 16.6. The zero-order chi connectivity index (χ0) is 26.2. The van der Waals surface area contributed by atoms with Crippen molar-refractivity contribution in [1.29, 1.82) is 0 Å². The van der Waals surface area contributed by atoms with Gasteiger partial charge in [-0.05, 0) is 64.3 Å². The summed E-state index contributed by atoms with van der Waals surface area (Å²) in [4.78, 5) is 36.4. The molecule has 1 atom stereocenters. The van der Waals surface area contributed by atoms with Crippen LogP contribution in [0.2, 0.25) is 0 Å². The molecule has 0 aliphatic carbocycles. The van der Waals surface area contributed by atoms with E-state index < -0.39 is 5.60 Å². The van der Waals surface area contributed by atoms with Gasteiger partial charge in [-0.15, -0.1) is 10.2 Å². The van der Waals surface area contributed by atoms with Gasteiger partial charge in [0.25, 0.3) is 5.91 Å². The fourth-order valence-corrected chi connectivity index (χ4v) is 4.38. The minimum atomic E-state index is -0.548. The normalized spacial score (nSPS) is 18.4. The maximum atomic E-state index is 13.4. The molecule has 5 heterocycles. The molecule has 2 bridgehead atoms. The number of fused-ring (bicyclic) bond motifs is 5. The highest BCUT2D eigenvalue weighted by Gasteiger charge is 2.35. The van der Waals surface area contributed by atoms with Gasteiger partial charge in [0, 0.05) is 31.2 Å². The van der Waals surface area contributed by atoms with Crippen LogP contribution in [0, 0.1) is 0 Å². The van der Waals surface area contributed by atoms with E-state index in [0.717, 1.165) is 18.4 Å². The molecule has 0 saturated carbocycles. The Balaban J connectivity index is 1.39. The molecule has 37 heavy (non-hydrogen) atoms. The molecule has 3 aromatic rings. The average Bonchev–Trinajstić information content (AvgIpc) is 3.30. The maximum Gasteiger partial charge on any atom is 0.410 e. The van der Waals surface area contributed by atoms with E-state index in [2.05, 4.69) is 32.4 Å². The van der Waals surface area contributed by atoms with Crippen molar-refractivity contribution in [2.24, 2.45) is 0 Å². The molecule has 2 amide bonds. The number of nitrogens with zero attached hydrogens (tertiary/aromatic N) is 6. The number of ether oxygens (including phenoxy) is 2. The van der Waals surface area contributed by atoms with Gasteiger partial charge in [0.15, 0.2) is 5.82 Å². The van der Waals surface area contributed by atoms with Crippen molar-refractivity contribution in [2.45, 2.75) is 58.1 Å². The molecule has 11 heteroatoms. The Hall–Kier alpha value is -4.02. The third-order valence-electron chi connectivity index (χ3n) is 6.39. The second kappa shape index (κ2) is 9.79. The third-order valence-corrected chi connectivity index (χ3v) is 6.39. The Morgan fingerprint density at radius 1 is 1.24 bits per heavy atom. The summed E-state index contributed by atoms with van der Waals surface area (Å²) in [5, 5.41) is 11.2. The second-order valence-corrected chi connectivity index (χ2v) is 10.5. The molecular formula is C26H31N7O4. The van der Waals surface area contributed by atoms with Crippen molar-refractivity contribution in [1.82, 2.24) is 29.6 Å². The molecule has 1 N–H and O–H groups in total. The molecule has 2 aliphatic heterocycles. The number of amides is 2. The van der Waals surface area contributed by atoms with Crippen LogP contribution >= 0.6 is 0 Å². The quantitative estimate of drug-likeness (QED) is 0.525. The minimum Gasteiger partial charge on any atom is -0.477 e. The monoisotopic (exact) mass is 505 g/mol. The number of anilines is 1. The summed E-state index contributed by atoms with van der Waals surface area (Å²) in [6.45, 7) is 9.04. The number of likely N-dealkylation sites (tertiary alicyclic amines) is 1. The van der Waals surface area contributed by atoms with Crippen molar-refractivity contribution < 1.29 is 19.1 Å². The van der Waals surface area contributed by atoms with Gasteiger partial charge in [-0.25, -0.2) is 14.8 Å². The largest absolute Gasteiger partial charge is 0.477 e. The average molecular weight is 506 g/mol. The number of hydrogen-bond acceptors (Lipinski definition) is 8. The SMILES string of the molecule is CC1CCCOc2ncc(C3CN(C(=O)OC(C)(C)C)C3)cc2C(=O)Nc2cccc(n2)-c2nncn21. The Kier molecular flexibility index (Phi) is 6.53. The summed E-state index contributed by atoms with van der Waals surface area (Å²) in [7, 11) is 0. The van der Waals surface area contributed by atoms with Gasteiger partial charge in [-0.1, -0.05) is 6.07 Å². The van der Waals surface area contributed by atoms with Crippen LogP contribution in [0.5, 0.6) is 5.88 Å². The van der Waals surface area contributed by atoms with E-state index >= 15 is 0 Å². The highest BCUT2D eigenvalue weighted by molar-refractivity contribution is 6.05. The molecule has 3 aromatic heterocycles. The van der Waals surface area contributed by atoms with Gasteiger partial charge in [-0.2, -0.15) is 0 Å². The number of pyridine rings is 2. The Morgan fingerprint density at radius 2 is 2.05 bits per heavy atom. The van der Waals surface area contributed by atoms with Crippen LogP contribution in [-0.2, 0) is 4.74 Å². The third kappa shape index (κ3) is 5.40. The van der Waals surface area contributed by atoms with E-state index in [4.69, 9.17) is 9.47 Å². The first-order valence-electron chi connectivity index (χ1n) is 12.5. The van der Waals surface area contributed by atoms with Crippen molar-refractivity contribution in [3.05, 3.63) is 47.9 Å². The van der Waals surface area contributed by atoms with Crippen LogP contribution in [0.3, 0.4) is 0 Å². The highest BCUT2D eigenvalue weighted by Crippen LogP contribution is 2.31. The summed E-state index contributed by atoms with van der Waals surface area (Å²) in [5.74, 6) is 0.989. The van der Waals surface area contributed by atoms with Gasteiger partial charge < -0.3 is 24.3 Å². The summed E-state index contributed by atoms with van der Waals surface area (Å²) < 4.78 is 13.4. The standard InChI is InChI=1S/C26H31N7O4/c1-16-7-6-10-36-24-19(11-17(12-27-24)18-13-32(14-18)25(35)37-26(2,3)4)23(34)30-21-9-5-8-20(29-21)22-31-28-15-33(16)22/h5,8-9,11-12,15-16,18H,6-7,10,13-14H2,1-4H3,(H,29,30,34). The summed E-state index contributed by atoms with van der Waals surface area (Å²) in [6, 6.07) is 7.32. The molecule has 0 radical (unpaired) electrons. The molecular weight excluding hydrogens is 474 g/mol. The van der Waals surface area contributed by atoms with Crippen LogP contribution in [0.25, 0.3) is 11.5 Å². The first kappa shape index (κ1) is 24.7. The van der Waals surface area contributed by atoms with Gasteiger partial charge in [0.1, 0.15) is 29.0 Å². The van der Waals surface area contributed by atoms with Crippen LogP contribution < -0.4 is 10.1 Å². The maximum absolute atomic E-state index is 13.4. The zero-order valence-electron chi connectivity index (χ0n) is 21.5. The van der Waals surface area contributed by atoms with Crippen molar-refractivity contribution in [3.63, 3.8) is 0 Å². The second-order valence-electron chi connectivity index (χ2n) is 10.5. The lowest BCUT2D eigenvalue weighted by atomic mass is 9.92. The smallest absolute Gasteiger partial charge is 0.410 e. The number of carbonyl (C=O) groups excluding carboxylic acids is 2. The molecule has 5 rings (SSSR count). The number of nitrogens with one attached hydrogen (secondary N) is 1. The molecule has 0 spiro atoms. The van der Waals surface area contributed by atoms with E-state index in [1.165, 1.54) is 0 Å². The van der Waals surface area contributed by atoms with Crippen LogP contribution in [0.15, 0.2) is 36.8 Å². The topological polar surface area (TPSA) is 124 Å². The van der Waals surface area contributed by atoms with Gasteiger partial charge >= 0.3 is 6.09 Å². The molecule has 1 unspecified atom stereocenters. The predicted molar refractivity (Wildman–Crippen MR) is 135 cm³/mol. The van der Waals surface area contributed by atoms with E-state index in [-0.39, 0.29) is 29.8 Å². The number of carbonyl (C=O) groups is 2. The lowest BCUT2D eigenvalue weighted by Gasteiger charge is -2.40. The van der Waals surface area contributed by atoms with Crippen molar-refractivity contribution in [3.8, 4) is 17.4 Å². The van der Waals surface area contributed by atoms with E-state index in [0.29, 0.717) is 42.6 Å². The lowest BCUT2D eigenvalue weighted by molar-refractivity contribution is 0.00813. The molecule has 1 fully saturated rings. The first-order valence-corrected chi connectivity index (χ1v) is 12.5. The molecule has 1 saturated heterocycles. The van der Waals surface area contributed by atoms with Crippen molar-refractivity contribution >= 4 is 17.8 Å². The fraction of sp³-hybridized carbons (Fsp3) is 0.462. The zero-order valence-corrected chi connectivity index (χ0v) is 21.5. The Bertz CT molecular complexity index is 1310. The van der Waals surface area contributed by atoms with Crippen LogP contribution in [0.1, 0.15) is 68.4 Å². The number of rotatable bonds is 1. The Morgan fingerprint density at radius 3 is 2.84 bits per heavy atom. The van der Waals surface area contributed by atoms with E-state index in [9.17, 15) is 9.59 Å². The Labute approximate surface area is 215 Å². The van der Waals surface area contributed by atoms with Crippen molar-refractivity contribution in [2.75, 3.05) is 25.0 Å². The van der Waals surface area contributed by atoms with Gasteiger partial charge in [0.05, 0.1) is 6.61 Å². The lowest BCUT2D eigenvalue weighted by Crippen LogP contribution is -2.50. The van der Waals surface area contributed by atoms with Crippen LogP contribution in [-0.4, -0.2) is 66.9 Å². The molecule has 194 valence electrons. The number of aromatic nitrogens is 5. The fourth-order valence-electron chi connectivity index (χ4n) is 4.38. The van der Waals surface area contributed by atoms with E-state index in [1.54, 1.807) is 29.6 Å². The first-order chi connectivity index (χ1) is 17.7. The van der Waals surface area contributed by atoms with E-state index in [1.807, 2.05) is 37.5 Å². The van der Waals surface area contributed by atoms with Gasteiger partial charge in [0.2, 0.25) is 5.88 Å². The summed E-state index contributed by atoms with van der Waals surface area (Å²) in [6.07, 6.45) is 4.66. The van der Waals surface area contributed by atoms with Crippen LogP contribution in [0.4, 0.5) is 10.6 Å². The minimum absolute atomic E-state index is 0.0554. The summed E-state index contributed by atoms with van der Waals surface area (Å²) >= 11 is 0. The molecule has 11 nitrogen and oxygen atoms in total. The molecule has 2 aliphatic rings. The predicted octanol–water partition coefficient (Wildman–Crippen LogP) is 4.06.